The first-order valence-corrected chi connectivity index (χ1v) is 16.0. The van der Waals surface area contributed by atoms with Crippen molar-refractivity contribution in [2.24, 2.45) is 5.92 Å². The van der Waals surface area contributed by atoms with Gasteiger partial charge in [-0.25, -0.2) is 22.8 Å². The van der Waals surface area contributed by atoms with Crippen molar-refractivity contribution in [2.75, 3.05) is 5.73 Å². The van der Waals surface area contributed by atoms with Gasteiger partial charge < -0.3 is 15.0 Å². The summed E-state index contributed by atoms with van der Waals surface area (Å²) in [4.78, 5) is 9.13. The normalized spacial score (nSPS) is 17.4. The van der Waals surface area contributed by atoms with Crippen LogP contribution in [0.3, 0.4) is 0 Å². The van der Waals surface area contributed by atoms with Gasteiger partial charge in [0.05, 0.1) is 15.3 Å². The van der Waals surface area contributed by atoms with E-state index in [2.05, 4.69) is 14.5 Å². The molecular weight excluding hydrogens is 587 g/mol. The van der Waals surface area contributed by atoms with Gasteiger partial charge in [0.15, 0.2) is 9.84 Å². The molecule has 2 N–H and O–H groups in total. The monoisotopic (exact) mass is 616 g/mol. The molecule has 0 saturated heterocycles. The van der Waals surface area contributed by atoms with Gasteiger partial charge in [-0.3, -0.25) is 0 Å². The van der Waals surface area contributed by atoms with Crippen LogP contribution < -0.4 is 10.5 Å². The van der Waals surface area contributed by atoms with Gasteiger partial charge in [-0.1, -0.05) is 60.5 Å². The minimum absolute atomic E-state index is 0.0951. The SMILES string of the molecule is Nc1ncnc2c1c(-c1ccc(OCc3cccc(F)c3)c(Cl)c1)cn2C1CCCC(C=CS(=O)(=O)c2ccccc2)C1. The van der Waals surface area contributed by atoms with Crippen molar-refractivity contribution in [2.45, 2.75) is 43.2 Å². The maximum Gasteiger partial charge on any atom is 0.199 e. The highest BCUT2D eigenvalue weighted by atomic mass is 35.5. The summed E-state index contributed by atoms with van der Waals surface area (Å²) in [5.74, 6) is 0.620. The van der Waals surface area contributed by atoms with Crippen LogP contribution in [0.1, 0.15) is 37.3 Å². The number of benzene rings is 3. The average molecular weight is 617 g/mol. The first-order chi connectivity index (χ1) is 20.8. The quantitative estimate of drug-likeness (QED) is 0.191. The van der Waals surface area contributed by atoms with Crippen LogP contribution in [0.25, 0.3) is 22.2 Å². The van der Waals surface area contributed by atoms with Crippen LogP contribution in [-0.4, -0.2) is 23.0 Å². The van der Waals surface area contributed by atoms with E-state index in [9.17, 15) is 12.8 Å². The predicted molar refractivity (Wildman–Crippen MR) is 167 cm³/mol. The van der Waals surface area contributed by atoms with Crippen molar-refractivity contribution in [1.29, 1.82) is 0 Å². The van der Waals surface area contributed by atoms with Crippen LogP contribution in [0.5, 0.6) is 5.75 Å². The maximum atomic E-state index is 13.5. The van der Waals surface area contributed by atoms with Crippen molar-refractivity contribution in [3.8, 4) is 16.9 Å². The van der Waals surface area contributed by atoms with Crippen LogP contribution in [0, 0.1) is 11.7 Å². The van der Waals surface area contributed by atoms with E-state index in [4.69, 9.17) is 22.1 Å². The van der Waals surface area contributed by atoms with Crippen LogP contribution in [0.15, 0.2) is 102 Å². The number of hydrogen-bond acceptors (Lipinski definition) is 6. The molecule has 10 heteroatoms. The molecule has 7 nitrogen and oxygen atoms in total. The summed E-state index contributed by atoms with van der Waals surface area (Å²) in [5.41, 5.74) is 9.47. The molecule has 2 unspecified atom stereocenters. The Bertz CT molecular complexity index is 1910. The van der Waals surface area contributed by atoms with Gasteiger partial charge in [-0.05, 0) is 72.7 Å². The zero-order valence-corrected chi connectivity index (χ0v) is 24.8. The smallest absolute Gasteiger partial charge is 0.199 e. The number of ether oxygens (including phenoxy) is 1. The molecule has 0 aliphatic heterocycles. The highest BCUT2D eigenvalue weighted by Crippen LogP contribution is 2.41. The summed E-state index contributed by atoms with van der Waals surface area (Å²) < 4.78 is 47.2. The summed E-state index contributed by atoms with van der Waals surface area (Å²) in [5, 5.41) is 2.48. The lowest BCUT2D eigenvalue weighted by molar-refractivity contribution is 0.306. The summed E-state index contributed by atoms with van der Waals surface area (Å²) in [6.45, 7) is 0.181. The minimum Gasteiger partial charge on any atom is -0.487 e. The molecule has 1 aliphatic rings. The second-order valence-electron chi connectivity index (χ2n) is 10.7. The zero-order valence-electron chi connectivity index (χ0n) is 23.2. The molecule has 2 aromatic heterocycles. The molecule has 220 valence electrons. The number of hydrogen-bond donors (Lipinski definition) is 1. The molecule has 3 aromatic carbocycles. The lowest BCUT2D eigenvalue weighted by atomic mass is 9.85. The van der Waals surface area contributed by atoms with Crippen LogP contribution in [0.4, 0.5) is 10.2 Å². The third kappa shape index (κ3) is 6.28. The highest BCUT2D eigenvalue weighted by Gasteiger charge is 2.26. The molecule has 1 saturated carbocycles. The molecular formula is C33H30ClFN4O3S. The molecule has 0 radical (unpaired) electrons. The molecule has 5 aromatic rings. The van der Waals surface area contributed by atoms with E-state index in [-0.39, 0.29) is 29.3 Å². The van der Waals surface area contributed by atoms with Gasteiger partial charge in [-0.15, -0.1) is 0 Å². The standard InChI is InChI=1S/C33H30ClFN4O3S/c34-29-18-24(12-13-30(29)42-20-23-7-4-8-25(35)16-23)28-19-39(33-31(28)32(36)37-21-38-33)26-9-5-6-22(17-26)14-15-43(40,41)27-10-2-1-3-11-27/h1-4,7-8,10-16,18-19,21-22,26H,5-6,9,17,20H2,(H2,36,37,38). The number of sulfone groups is 1. The molecule has 2 heterocycles. The number of halogens is 2. The molecule has 43 heavy (non-hydrogen) atoms. The van der Waals surface area contributed by atoms with E-state index in [0.717, 1.165) is 47.8 Å². The Morgan fingerprint density at radius 3 is 2.67 bits per heavy atom. The molecule has 0 amide bonds. The lowest BCUT2D eigenvalue weighted by Crippen LogP contribution is -2.18. The number of allylic oxidation sites excluding steroid dienone is 1. The first kappa shape index (κ1) is 28.9. The van der Waals surface area contributed by atoms with Crippen molar-refractivity contribution in [3.05, 3.63) is 113 Å². The third-order valence-corrected chi connectivity index (χ3v) is 9.59. The third-order valence-electron chi connectivity index (χ3n) is 7.85. The Labute approximate surface area is 254 Å². The fourth-order valence-corrected chi connectivity index (χ4v) is 7.07. The highest BCUT2D eigenvalue weighted by molar-refractivity contribution is 7.94. The van der Waals surface area contributed by atoms with E-state index in [0.29, 0.717) is 22.2 Å². The number of nitrogen functional groups attached to an aromatic ring is 1. The number of nitrogens with two attached hydrogens (primary N) is 1. The lowest BCUT2D eigenvalue weighted by Gasteiger charge is -2.29. The van der Waals surface area contributed by atoms with Gasteiger partial charge in [-0.2, -0.15) is 0 Å². The minimum atomic E-state index is -3.51. The van der Waals surface area contributed by atoms with Gasteiger partial charge in [0.2, 0.25) is 0 Å². The van der Waals surface area contributed by atoms with Crippen LogP contribution >= 0.6 is 11.6 Å². The maximum absolute atomic E-state index is 13.5. The van der Waals surface area contributed by atoms with E-state index in [1.165, 1.54) is 23.9 Å². The van der Waals surface area contributed by atoms with Crippen molar-refractivity contribution >= 4 is 38.3 Å². The van der Waals surface area contributed by atoms with E-state index in [1.54, 1.807) is 48.5 Å². The molecule has 1 aliphatic carbocycles. The fourth-order valence-electron chi connectivity index (χ4n) is 5.71. The van der Waals surface area contributed by atoms with Gasteiger partial charge in [0.1, 0.15) is 36.0 Å². The van der Waals surface area contributed by atoms with Crippen LogP contribution in [-0.2, 0) is 16.4 Å². The number of anilines is 1. The fraction of sp³-hybridized carbons (Fsp3) is 0.212. The molecule has 1 fully saturated rings. The number of fused-ring (bicyclic) bond motifs is 1. The number of aromatic nitrogens is 3. The van der Waals surface area contributed by atoms with Crippen LogP contribution in [0.2, 0.25) is 5.02 Å². The van der Waals surface area contributed by atoms with Gasteiger partial charge >= 0.3 is 0 Å². The van der Waals surface area contributed by atoms with Crippen molar-refractivity contribution in [1.82, 2.24) is 14.5 Å². The van der Waals surface area contributed by atoms with E-state index >= 15 is 0 Å². The Hall–Kier alpha value is -4.21. The summed E-state index contributed by atoms with van der Waals surface area (Å²) in [7, 11) is -3.51. The Balaban J connectivity index is 1.26. The molecule has 2 atom stereocenters. The van der Waals surface area contributed by atoms with Crippen molar-refractivity contribution < 1.29 is 17.5 Å². The topological polar surface area (TPSA) is 100 Å². The Kier molecular flexibility index (Phi) is 8.19. The summed E-state index contributed by atoms with van der Waals surface area (Å²) in [6.07, 6.45) is 8.87. The first-order valence-electron chi connectivity index (χ1n) is 14.0. The number of rotatable bonds is 8. The Morgan fingerprint density at radius 2 is 1.88 bits per heavy atom. The second-order valence-corrected chi connectivity index (χ2v) is 13.0. The molecule has 6 rings (SSSR count). The largest absolute Gasteiger partial charge is 0.487 e. The number of nitrogens with zero attached hydrogens (tertiary/aromatic N) is 3. The average Bonchev–Trinajstić information content (AvgIpc) is 3.41. The van der Waals surface area contributed by atoms with Gasteiger partial charge in [0, 0.05) is 23.2 Å². The summed E-state index contributed by atoms with van der Waals surface area (Å²) >= 11 is 6.63. The van der Waals surface area contributed by atoms with Crippen molar-refractivity contribution in [3.63, 3.8) is 0 Å². The molecule has 0 spiro atoms. The predicted octanol–water partition coefficient (Wildman–Crippen LogP) is 7.77. The Morgan fingerprint density at radius 1 is 1.05 bits per heavy atom. The second kappa shape index (κ2) is 12.2. The molecule has 0 bridgehead atoms. The van der Waals surface area contributed by atoms with E-state index < -0.39 is 9.84 Å². The van der Waals surface area contributed by atoms with Gasteiger partial charge in [0.25, 0.3) is 0 Å². The summed E-state index contributed by atoms with van der Waals surface area (Å²) in [6, 6.07) is 20.3. The van der Waals surface area contributed by atoms with E-state index in [1.807, 2.05) is 24.4 Å². The zero-order chi connectivity index (χ0) is 30.0.